The van der Waals surface area contributed by atoms with Crippen molar-refractivity contribution in [1.29, 1.82) is 0 Å². The highest BCUT2D eigenvalue weighted by molar-refractivity contribution is 5.77. The maximum absolute atomic E-state index is 12.8. The van der Waals surface area contributed by atoms with E-state index in [1.807, 2.05) is 36.4 Å². The van der Waals surface area contributed by atoms with Gasteiger partial charge in [0.15, 0.2) is 5.76 Å². The summed E-state index contributed by atoms with van der Waals surface area (Å²) in [4.78, 5) is 18.7. The van der Waals surface area contributed by atoms with Crippen molar-refractivity contribution in [2.45, 2.75) is 19.6 Å². The lowest BCUT2D eigenvalue weighted by Gasteiger charge is -2.21. The highest BCUT2D eigenvalue weighted by Crippen LogP contribution is 2.16. The van der Waals surface area contributed by atoms with E-state index in [0.29, 0.717) is 49.4 Å². The maximum atomic E-state index is 12.8. The Morgan fingerprint density at radius 2 is 1.83 bits per heavy atom. The summed E-state index contributed by atoms with van der Waals surface area (Å²) in [6.07, 6.45) is 3.53. The number of hydrogen-bond donors (Lipinski definition) is 0. The first kappa shape index (κ1) is 19.7. The Bertz CT molecular complexity index is 1030. The third-order valence-corrected chi connectivity index (χ3v) is 4.42. The summed E-state index contributed by atoms with van der Waals surface area (Å²) in [5.74, 6) is 1.87. The normalized spacial score (nSPS) is 10.9. The summed E-state index contributed by atoms with van der Waals surface area (Å²) in [5, 5.41) is 3.91. The van der Waals surface area contributed by atoms with Gasteiger partial charge in [-0.3, -0.25) is 4.79 Å². The second-order valence-electron chi connectivity index (χ2n) is 6.61. The smallest absolute Gasteiger partial charge is 0.249 e. The van der Waals surface area contributed by atoms with Gasteiger partial charge in [0.25, 0.3) is 0 Å². The van der Waals surface area contributed by atoms with Crippen LogP contribution in [0.25, 0.3) is 11.6 Å². The second-order valence-corrected chi connectivity index (χ2v) is 6.61. The van der Waals surface area contributed by atoms with Crippen LogP contribution in [0.3, 0.4) is 0 Å². The number of amides is 1. The highest BCUT2D eigenvalue weighted by Gasteiger charge is 2.18. The molecule has 0 unspecified atom stereocenters. The molecule has 0 saturated heterocycles. The third-order valence-electron chi connectivity index (χ3n) is 4.42. The second kappa shape index (κ2) is 9.71. The largest absolute Gasteiger partial charge is 0.467 e. The molecule has 4 rings (SSSR count). The van der Waals surface area contributed by atoms with Crippen molar-refractivity contribution >= 4 is 5.91 Å². The van der Waals surface area contributed by atoms with Gasteiger partial charge >= 0.3 is 0 Å². The van der Waals surface area contributed by atoms with Crippen molar-refractivity contribution in [2.75, 3.05) is 13.2 Å². The van der Waals surface area contributed by atoms with E-state index in [9.17, 15) is 4.79 Å². The van der Waals surface area contributed by atoms with Gasteiger partial charge in [-0.1, -0.05) is 35.5 Å². The van der Waals surface area contributed by atoms with Gasteiger partial charge in [-0.15, -0.1) is 0 Å². The van der Waals surface area contributed by atoms with Crippen LogP contribution >= 0.6 is 0 Å². The molecule has 0 aliphatic heterocycles. The van der Waals surface area contributed by atoms with Gasteiger partial charge < -0.3 is 23.0 Å². The summed E-state index contributed by atoms with van der Waals surface area (Å²) in [7, 11) is 0. The van der Waals surface area contributed by atoms with Crippen LogP contribution in [-0.2, 0) is 29.1 Å². The van der Waals surface area contributed by atoms with Crippen molar-refractivity contribution < 1.29 is 22.9 Å². The van der Waals surface area contributed by atoms with E-state index in [-0.39, 0.29) is 12.5 Å². The van der Waals surface area contributed by atoms with Gasteiger partial charge in [0.1, 0.15) is 12.4 Å². The highest BCUT2D eigenvalue weighted by atomic mass is 16.5. The maximum Gasteiger partial charge on any atom is 0.249 e. The number of aromatic nitrogens is 2. The molecule has 4 aromatic rings. The molecule has 0 radical (unpaired) electrons. The molecule has 0 fully saturated rings. The monoisotopic (exact) mass is 407 g/mol. The molecule has 3 aromatic heterocycles. The van der Waals surface area contributed by atoms with E-state index in [4.69, 9.17) is 18.1 Å². The zero-order chi connectivity index (χ0) is 20.6. The molecule has 8 heteroatoms. The zero-order valence-corrected chi connectivity index (χ0v) is 16.3. The minimum absolute atomic E-state index is 0.0307. The van der Waals surface area contributed by atoms with Gasteiger partial charge in [0.2, 0.25) is 17.6 Å². The fourth-order valence-electron chi connectivity index (χ4n) is 2.90. The molecule has 0 aliphatic carbocycles. The quantitative estimate of drug-likeness (QED) is 0.395. The van der Waals surface area contributed by atoms with Gasteiger partial charge in [0, 0.05) is 13.0 Å². The first-order valence-corrected chi connectivity index (χ1v) is 9.56. The Balaban J connectivity index is 1.35. The number of ether oxygens (including phenoxy) is 1. The van der Waals surface area contributed by atoms with Crippen LogP contribution in [0.5, 0.6) is 0 Å². The van der Waals surface area contributed by atoms with Crippen LogP contribution in [0, 0.1) is 0 Å². The molecule has 8 nitrogen and oxygen atoms in total. The van der Waals surface area contributed by atoms with Crippen LogP contribution in [0.1, 0.15) is 17.2 Å². The summed E-state index contributed by atoms with van der Waals surface area (Å²) in [6, 6.07) is 16.8. The van der Waals surface area contributed by atoms with Crippen molar-refractivity contribution in [2.24, 2.45) is 0 Å². The van der Waals surface area contributed by atoms with E-state index >= 15 is 0 Å². The van der Waals surface area contributed by atoms with Crippen molar-refractivity contribution in [1.82, 2.24) is 15.0 Å². The van der Waals surface area contributed by atoms with E-state index < -0.39 is 0 Å². The Morgan fingerprint density at radius 3 is 2.60 bits per heavy atom. The van der Waals surface area contributed by atoms with Gasteiger partial charge in [-0.2, -0.15) is 4.98 Å². The first-order valence-electron chi connectivity index (χ1n) is 9.56. The van der Waals surface area contributed by atoms with Gasteiger partial charge in [-0.25, -0.2) is 0 Å². The molecule has 154 valence electrons. The minimum Gasteiger partial charge on any atom is -0.467 e. The lowest BCUT2D eigenvalue weighted by Crippen LogP contribution is -2.35. The SMILES string of the molecule is O=C(COCc1ccccc1)N(CCc1nc(-c2ccco2)no1)Cc1ccco1. The minimum atomic E-state index is -0.145. The molecule has 0 atom stereocenters. The number of carbonyl (C=O) groups excluding carboxylic acids is 1. The molecule has 0 N–H and O–H groups in total. The Kier molecular flexibility index (Phi) is 6.36. The molecule has 1 aromatic carbocycles. The molecular formula is C22H21N3O5. The summed E-state index contributed by atoms with van der Waals surface area (Å²) in [5.41, 5.74) is 1.01. The molecule has 0 spiro atoms. The predicted molar refractivity (Wildman–Crippen MR) is 106 cm³/mol. The standard InChI is InChI=1S/C22H21N3O5/c26-21(16-27-15-17-6-2-1-3-7-17)25(14-18-8-4-12-28-18)11-10-20-23-22(24-30-20)19-9-5-13-29-19/h1-9,12-13H,10-11,14-16H2. The van der Waals surface area contributed by atoms with Crippen LogP contribution in [0.15, 0.2) is 80.5 Å². The van der Waals surface area contributed by atoms with Crippen LogP contribution in [0.2, 0.25) is 0 Å². The molecule has 0 aliphatic rings. The average Bonchev–Trinajstić information content (AvgIpc) is 3.54. The Morgan fingerprint density at radius 1 is 1.00 bits per heavy atom. The molecule has 0 saturated carbocycles. The van der Waals surface area contributed by atoms with Gasteiger partial charge in [0.05, 0.1) is 25.7 Å². The number of benzene rings is 1. The van der Waals surface area contributed by atoms with Crippen LogP contribution in [-0.4, -0.2) is 34.1 Å². The summed E-state index contributed by atoms with van der Waals surface area (Å²) in [6.45, 7) is 1.06. The number of hydrogen-bond acceptors (Lipinski definition) is 7. The first-order chi connectivity index (χ1) is 14.8. The van der Waals surface area contributed by atoms with E-state index in [2.05, 4.69) is 10.1 Å². The fraction of sp³-hybridized carbons (Fsp3) is 0.227. The number of carbonyl (C=O) groups is 1. The lowest BCUT2D eigenvalue weighted by atomic mass is 10.2. The van der Waals surface area contributed by atoms with E-state index in [1.165, 1.54) is 0 Å². The Hall–Kier alpha value is -3.65. The summed E-state index contributed by atoms with van der Waals surface area (Å²) < 4.78 is 21.5. The predicted octanol–water partition coefficient (Wildman–Crippen LogP) is 3.71. The van der Waals surface area contributed by atoms with E-state index in [0.717, 1.165) is 5.56 Å². The summed E-state index contributed by atoms with van der Waals surface area (Å²) >= 11 is 0. The zero-order valence-electron chi connectivity index (χ0n) is 16.3. The third kappa shape index (κ3) is 5.24. The number of furan rings is 2. The van der Waals surface area contributed by atoms with Crippen molar-refractivity contribution in [3.63, 3.8) is 0 Å². The fourth-order valence-corrected chi connectivity index (χ4v) is 2.90. The molecule has 3 heterocycles. The van der Waals surface area contributed by atoms with Crippen LogP contribution < -0.4 is 0 Å². The number of rotatable bonds is 10. The van der Waals surface area contributed by atoms with Crippen molar-refractivity contribution in [3.05, 3.63) is 84.3 Å². The molecule has 1 amide bonds. The van der Waals surface area contributed by atoms with Crippen LogP contribution in [0.4, 0.5) is 0 Å². The Labute approximate surface area is 173 Å². The average molecular weight is 407 g/mol. The molecule has 0 bridgehead atoms. The van der Waals surface area contributed by atoms with Gasteiger partial charge in [-0.05, 0) is 29.8 Å². The molecule has 30 heavy (non-hydrogen) atoms. The van der Waals surface area contributed by atoms with Crippen molar-refractivity contribution in [3.8, 4) is 11.6 Å². The number of nitrogens with zero attached hydrogens (tertiary/aromatic N) is 3. The lowest BCUT2D eigenvalue weighted by molar-refractivity contribution is -0.137. The molecular weight excluding hydrogens is 386 g/mol. The topological polar surface area (TPSA) is 94.7 Å². The van der Waals surface area contributed by atoms with E-state index in [1.54, 1.807) is 35.6 Å².